The Morgan fingerprint density at radius 3 is 2.25 bits per heavy atom. The molecule has 1 unspecified atom stereocenters. The fraction of sp³-hybridized carbons (Fsp3) is 0.714. The van der Waals surface area contributed by atoms with Gasteiger partial charge in [-0.05, 0) is 12.8 Å². The molecule has 0 aromatic rings. The lowest BCUT2D eigenvalue weighted by Crippen LogP contribution is -1.96. The van der Waals surface area contributed by atoms with E-state index in [4.69, 9.17) is 0 Å². The van der Waals surface area contributed by atoms with Crippen LogP contribution in [0, 0.1) is 0 Å². The summed E-state index contributed by atoms with van der Waals surface area (Å²) >= 11 is 2.43. The smallest absolute Gasteiger partial charge is 0.0313 e. The SMILES string of the molecule is C=C(CC)C(I)CC. The third-order valence-electron chi connectivity index (χ3n) is 1.26. The monoisotopic (exact) mass is 224 g/mol. The maximum absolute atomic E-state index is 3.94. The van der Waals surface area contributed by atoms with Crippen LogP contribution in [0.15, 0.2) is 12.2 Å². The van der Waals surface area contributed by atoms with Gasteiger partial charge in [0.1, 0.15) is 0 Å². The standard InChI is InChI=1S/C7H13I/c1-4-6(3)7(8)5-2/h7H,3-5H2,1-2H3. The Labute approximate surface area is 65.5 Å². The van der Waals surface area contributed by atoms with Crippen LogP contribution in [0.25, 0.3) is 0 Å². The minimum absolute atomic E-state index is 0.692. The van der Waals surface area contributed by atoms with Crippen LogP contribution in [0.3, 0.4) is 0 Å². The van der Waals surface area contributed by atoms with Crippen LogP contribution in [0.4, 0.5) is 0 Å². The topological polar surface area (TPSA) is 0 Å². The lowest BCUT2D eigenvalue weighted by molar-refractivity contribution is 0.906. The van der Waals surface area contributed by atoms with Gasteiger partial charge in [-0.25, -0.2) is 0 Å². The van der Waals surface area contributed by atoms with Crippen LogP contribution >= 0.6 is 22.6 Å². The summed E-state index contributed by atoms with van der Waals surface area (Å²) in [5, 5.41) is 0. The first-order valence-electron chi connectivity index (χ1n) is 3.04. The molecule has 0 N–H and O–H groups in total. The highest BCUT2D eigenvalue weighted by Crippen LogP contribution is 2.16. The molecule has 0 bridgehead atoms. The fourth-order valence-electron chi connectivity index (χ4n) is 0.510. The molecule has 0 aromatic carbocycles. The first-order chi connectivity index (χ1) is 3.72. The molecule has 1 heteroatoms. The molecule has 0 radical (unpaired) electrons. The Bertz CT molecular complexity index is 76.5. The van der Waals surface area contributed by atoms with Crippen molar-refractivity contribution in [3.05, 3.63) is 12.2 Å². The molecular weight excluding hydrogens is 211 g/mol. The Hall–Kier alpha value is 0.470. The van der Waals surface area contributed by atoms with Gasteiger partial charge in [0.15, 0.2) is 0 Å². The van der Waals surface area contributed by atoms with Crippen molar-refractivity contribution < 1.29 is 0 Å². The van der Waals surface area contributed by atoms with Gasteiger partial charge < -0.3 is 0 Å². The highest BCUT2D eigenvalue weighted by Gasteiger charge is 2.00. The van der Waals surface area contributed by atoms with Gasteiger partial charge in [0.2, 0.25) is 0 Å². The van der Waals surface area contributed by atoms with Gasteiger partial charge >= 0.3 is 0 Å². The molecule has 0 aliphatic rings. The summed E-state index contributed by atoms with van der Waals surface area (Å²) in [6.45, 7) is 8.29. The molecule has 0 fully saturated rings. The molecule has 0 nitrogen and oxygen atoms in total. The van der Waals surface area contributed by atoms with Crippen LogP contribution in [0.2, 0.25) is 0 Å². The number of hydrogen-bond donors (Lipinski definition) is 0. The van der Waals surface area contributed by atoms with E-state index >= 15 is 0 Å². The fourth-order valence-corrected chi connectivity index (χ4v) is 0.951. The van der Waals surface area contributed by atoms with Crippen molar-refractivity contribution in [2.45, 2.75) is 30.6 Å². The number of rotatable bonds is 3. The molecule has 0 spiro atoms. The lowest BCUT2D eigenvalue weighted by atomic mass is 10.1. The summed E-state index contributed by atoms with van der Waals surface area (Å²) in [6.07, 6.45) is 2.34. The van der Waals surface area contributed by atoms with Crippen LogP contribution in [0.1, 0.15) is 26.7 Å². The molecule has 0 aromatic heterocycles. The zero-order chi connectivity index (χ0) is 6.57. The first kappa shape index (κ1) is 8.47. The van der Waals surface area contributed by atoms with E-state index < -0.39 is 0 Å². The van der Waals surface area contributed by atoms with Crippen molar-refractivity contribution in [1.29, 1.82) is 0 Å². The molecule has 0 rings (SSSR count). The molecule has 0 saturated carbocycles. The number of halogens is 1. The Kier molecular flexibility index (Phi) is 4.61. The molecule has 0 aliphatic carbocycles. The largest absolute Gasteiger partial charge is 0.0988 e. The van der Waals surface area contributed by atoms with E-state index in [1.54, 1.807) is 0 Å². The van der Waals surface area contributed by atoms with E-state index in [0.717, 1.165) is 6.42 Å². The van der Waals surface area contributed by atoms with Crippen LogP contribution in [-0.2, 0) is 0 Å². The van der Waals surface area contributed by atoms with E-state index in [-0.39, 0.29) is 0 Å². The molecule has 48 valence electrons. The molecule has 0 aliphatic heterocycles. The molecule has 0 amide bonds. The van der Waals surface area contributed by atoms with Crippen LogP contribution < -0.4 is 0 Å². The van der Waals surface area contributed by atoms with Crippen molar-refractivity contribution in [2.24, 2.45) is 0 Å². The highest BCUT2D eigenvalue weighted by atomic mass is 127. The number of alkyl halides is 1. The predicted molar refractivity (Wildman–Crippen MR) is 47.5 cm³/mol. The number of hydrogen-bond acceptors (Lipinski definition) is 0. The second-order valence-electron chi connectivity index (χ2n) is 1.89. The van der Waals surface area contributed by atoms with Gasteiger partial charge in [0.05, 0.1) is 0 Å². The summed E-state index contributed by atoms with van der Waals surface area (Å²) in [4.78, 5) is 0. The van der Waals surface area contributed by atoms with Crippen LogP contribution in [0.5, 0.6) is 0 Å². The van der Waals surface area contributed by atoms with Gasteiger partial charge in [-0.15, -0.1) is 0 Å². The third kappa shape index (κ3) is 2.70. The van der Waals surface area contributed by atoms with E-state index in [9.17, 15) is 0 Å². The molecule has 8 heavy (non-hydrogen) atoms. The molecular formula is C7H13I. The van der Waals surface area contributed by atoms with E-state index in [0.29, 0.717) is 3.92 Å². The first-order valence-corrected chi connectivity index (χ1v) is 4.28. The van der Waals surface area contributed by atoms with Crippen LogP contribution in [-0.4, -0.2) is 3.92 Å². The maximum atomic E-state index is 3.94. The van der Waals surface area contributed by atoms with Crippen molar-refractivity contribution in [2.75, 3.05) is 0 Å². The molecule has 1 atom stereocenters. The Morgan fingerprint density at radius 1 is 1.62 bits per heavy atom. The Balaban J connectivity index is 3.46. The van der Waals surface area contributed by atoms with Gasteiger partial charge in [-0.2, -0.15) is 0 Å². The van der Waals surface area contributed by atoms with E-state index in [1.807, 2.05) is 0 Å². The maximum Gasteiger partial charge on any atom is 0.0313 e. The predicted octanol–water partition coefficient (Wildman–Crippen LogP) is 3.17. The minimum Gasteiger partial charge on any atom is -0.0988 e. The average Bonchev–Trinajstić information content (AvgIpc) is 1.84. The van der Waals surface area contributed by atoms with Crippen molar-refractivity contribution in [1.82, 2.24) is 0 Å². The quantitative estimate of drug-likeness (QED) is 0.392. The van der Waals surface area contributed by atoms with Crippen molar-refractivity contribution >= 4 is 22.6 Å². The highest BCUT2D eigenvalue weighted by molar-refractivity contribution is 14.1. The Morgan fingerprint density at radius 2 is 2.12 bits per heavy atom. The van der Waals surface area contributed by atoms with Crippen molar-refractivity contribution in [3.63, 3.8) is 0 Å². The van der Waals surface area contributed by atoms with E-state index in [1.165, 1.54) is 12.0 Å². The van der Waals surface area contributed by atoms with Gasteiger partial charge in [-0.3, -0.25) is 0 Å². The molecule has 0 saturated heterocycles. The zero-order valence-electron chi connectivity index (χ0n) is 5.58. The molecule has 0 heterocycles. The van der Waals surface area contributed by atoms with Gasteiger partial charge in [0, 0.05) is 3.92 Å². The second kappa shape index (κ2) is 4.36. The van der Waals surface area contributed by atoms with Crippen molar-refractivity contribution in [3.8, 4) is 0 Å². The lowest BCUT2D eigenvalue weighted by Gasteiger charge is -2.06. The van der Waals surface area contributed by atoms with Gasteiger partial charge in [-0.1, -0.05) is 48.6 Å². The minimum atomic E-state index is 0.692. The average molecular weight is 224 g/mol. The summed E-state index contributed by atoms with van der Waals surface area (Å²) in [6, 6.07) is 0. The number of allylic oxidation sites excluding steroid dienone is 1. The summed E-state index contributed by atoms with van der Waals surface area (Å²) in [7, 11) is 0. The van der Waals surface area contributed by atoms with E-state index in [2.05, 4.69) is 43.0 Å². The summed E-state index contributed by atoms with van der Waals surface area (Å²) in [5.41, 5.74) is 1.37. The summed E-state index contributed by atoms with van der Waals surface area (Å²) < 4.78 is 0.692. The zero-order valence-corrected chi connectivity index (χ0v) is 7.73. The van der Waals surface area contributed by atoms with Gasteiger partial charge in [0.25, 0.3) is 0 Å². The second-order valence-corrected chi connectivity index (χ2v) is 3.39. The normalized spacial score (nSPS) is 13.4. The third-order valence-corrected chi connectivity index (χ3v) is 3.02. The summed E-state index contributed by atoms with van der Waals surface area (Å²) in [5.74, 6) is 0.